The second-order valence-electron chi connectivity index (χ2n) is 5.67. The Kier molecular flexibility index (Phi) is 5.38. The summed E-state index contributed by atoms with van der Waals surface area (Å²) in [5.74, 6) is 0.277. The van der Waals surface area contributed by atoms with Gasteiger partial charge in [-0.2, -0.15) is 5.10 Å². The van der Waals surface area contributed by atoms with E-state index in [1.165, 1.54) is 0 Å². The largest absolute Gasteiger partial charge is 0.317 e. The van der Waals surface area contributed by atoms with E-state index in [2.05, 4.69) is 40.2 Å². The molecule has 0 bridgehead atoms. The molecule has 0 aromatic carbocycles. The van der Waals surface area contributed by atoms with E-state index in [0.717, 1.165) is 61.9 Å². The van der Waals surface area contributed by atoms with Gasteiger partial charge >= 0.3 is 0 Å². The van der Waals surface area contributed by atoms with Crippen LogP contribution in [0.5, 0.6) is 0 Å². The average Bonchev–Trinajstić information content (AvgIpc) is 2.81. The number of aryl methyl sites for hydroxylation is 1. The van der Waals surface area contributed by atoms with Gasteiger partial charge in [0.05, 0.1) is 10.7 Å². The van der Waals surface area contributed by atoms with Crippen molar-refractivity contribution in [2.24, 2.45) is 5.41 Å². The molecule has 4 nitrogen and oxygen atoms in total. The Balaban J connectivity index is 2.34. The van der Waals surface area contributed by atoms with Crippen molar-refractivity contribution in [3.05, 3.63) is 16.4 Å². The van der Waals surface area contributed by atoms with Gasteiger partial charge in [0.2, 0.25) is 0 Å². The van der Waals surface area contributed by atoms with Crippen molar-refractivity contribution in [1.82, 2.24) is 15.1 Å². The number of aromatic nitrogens is 2. The first-order chi connectivity index (χ1) is 9.64. The van der Waals surface area contributed by atoms with Gasteiger partial charge in [-0.15, -0.1) is 0 Å². The topological polar surface area (TPSA) is 46.9 Å². The first-order valence-corrected chi connectivity index (χ1v) is 8.40. The Morgan fingerprint density at radius 2 is 2.10 bits per heavy atom. The van der Waals surface area contributed by atoms with Crippen molar-refractivity contribution in [3.8, 4) is 0 Å². The van der Waals surface area contributed by atoms with Crippen LogP contribution in [-0.2, 0) is 6.54 Å². The predicted molar refractivity (Wildman–Crippen MR) is 84.0 cm³/mol. The number of halogens is 1. The van der Waals surface area contributed by atoms with Gasteiger partial charge in [-0.3, -0.25) is 9.48 Å². The zero-order valence-corrected chi connectivity index (χ0v) is 14.0. The second-order valence-corrected chi connectivity index (χ2v) is 6.53. The van der Waals surface area contributed by atoms with Gasteiger partial charge in [0.1, 0.15) is 5.69 Å². The summed E-state index contributed by atoms with van der Waals surface area (Å²) in [5, 5.41) is 7.71. The molecule has 0 amide bonds. The number of nitrogens with one attached hydrogen (secondary N) is 1. The molecule has 1 aromatic rings. The number of carbonyl (C=O) groups excluding carboxylic acids is 1. The molecule has 0 radical (unpaired) electrons. The van der Waals surface area contributed by atoms with E-state index in [9.17, 15) is 4.79 Å². The summed E-state index contributed by atoms with van der Waals surface area (Å²) in [4.78, 5) is 13.2. The fraction of sp³-hybridized carbons (Fsp3) is 0.733. The van der Waals surface area contributed by atoms with Gasteiger partial charge in [-0.25, -0.2) is 0 Å². The van der Waals surface area contributed by atoms with E-state index < -0.39 is 0 Å². The number of hydrogen-bond donors (Lipinski definition) is 1. The Morgan fingerprint density at radius 3 is 2.70 bits per heavy atom. The predicted octanol–water partition coefficient (Wildman–Crippen LogP) is 3.41. The number of rotatable bonds is 6. The lowest BCUT2D eigenvalue weighted by molar-refractivity contribution is 0.0691. The summed E-state index contributed by atoms with van der Waals surface area (Å²) in [6.45, 7) is 6.94. The zero-order valence-electron chi connectivity index (χ0n) is 12.4. The van der Waals surface area contributed by atoms with E-state index in [0.29, 0.717) is 0 Å². The highest BCUT2D eigenvalue weighted by Crippen LogP contribution is 2.39. The molecule has 5 heteroatoms. The van der Waals surface area contributed by atoms with E-state index in [1.807, 2.05) is 4.68 Å². The standard InChI is InChI=1S/C15H24BrN3O/c1-3-5-15(6-8-17-9-7-15)14(20)13-12(16)11-18-19(13)10-4-2/h11,17H,3-10H2,1-2H3. The van der Waals surface area contributed by atoms with Crippen LogP contribution in [0.4, 0.5) is 0 Å². The molecule has 1 saturated heterocycles. The van der Waals surface area contributed by atoms with Crippen LogP contribution in [0.15, 0.2) is 10.7 Å². The van der Waals surface area contributed by atoms with Crippen LogP contribution in [0.1, 0.15) is 56.4 Å². The second kappa shape index (κ2) is 6.85. The maximum Gasteiger partial charge on any atom is 0.188 e. The van der Waals surface area contributed by atoms with Gasteiger partial charge in [-0.1, -0.05) is 20.3 Å². The number of ketones is 1. The molecule has 0 spiro atoms. The lowest BCUT2D eigenvalue weighted by Gasteiger charge is -2.36. The Labute approximate surface area is 129 Å². The molecule has 0 atom stereocenters. The first-order valence-electron chi connectivity index (χ1n) is 7.61. The molecule has 20 heavy (non-hydrogen) atoms. The van der Waals surface area contributed by atoms with Crippen LogP contribution in [-0.4, -0.2) is 28.7 Å². The third kappa shape index (κ3) is 2.98. The molecule has 1 aliphatic heterocycles. The first kappa shape index (κ1) is 15.7. The number of hydrogen-bond acceptors (Lipinski definition) is 3. The summed E-state index contributed by atoms with van der Waals surface area (Å²) in [7, 11) is 0. The van der Waals surface area contributed by atoms with Crippen LogP contribution < -0.4 is 5.32 Å². The van der Waals surface area contributed by atoms with Crippen LogP contribution in [0.2, 0.25) is 0 Å². The summed E-state index contributed by atoms with van der Waals surface area (Å²) in [6, 6.07) is 0. The highest BCUT2D eigenvalue weighted by Gasteiger charge is 2.41. The normalized spacial score (nSPS) is 18.1. The molecule has 1 aromatic heterocycles. The Morgan fingerprint density at radius 1 is 1.40 bits per heavy atom. The summed E-state index contributed by atoms with van der Waals surface area (Å²) < 4.78 is 2.70. The minimum absolute atomic E-state index is 0.200. The van der Waals surface area contributed by atoms with Gasteiger partial charge < -0.3 is 5.32 Å². The minimum atomic E-state index is -0.200. The van der Waals surface area contributed by atoms with Crippen LogP contribution in [0.3, 0.4) is 0 Å². The van der Waals surface area contributed by atoms with Crippen molar-refractivity contribution in [1.29, 1.82) is 0 Å². The summed E-state index contributed by atoms with van der Waals surface area (Å²) in [5.41, 5.74) is 0.566. The third-order valence-corrected chi connectivity index (χ3v) is 4.80. The quantitative estimate of drug-likeness (QED) is 0.806. The number of nitrogens with zero attached hydrogens (tertiary/aromatic N) is 2. The smallest absolute Gasteiger partial charge is 0.188 e. The van der Waals surface area contributed by atoms with Crippen LogP contribution in [0.25, 0.3) is 0 Å². The van der Waals surface area contributed by atoms with Crippen molar-refractivity contribution in [2.75, 3.05) is 13.1 Å². The molecule has 112 valence electrons. The fourth-order valence-electron chi connectivity index (χ4n) is 3.20. The maximum atomic E-state index is 13.2. The molecule has 0 saturated carbocycles. The van der Waals surface area contributed by atoms with Gasteiger partial charge in [-0.05, 0) is 54.7 Å². The average molecular weight is 342 g/mol. The Bertz CT molecular complexity index is 458. The molecular weight excluding hydrogens is 318 g/mol. The van der Waals surface area contributed by atoms with Crippen LogP contribution in [0, 0.1) is 5.41 Å². The molecular formula is C15H24BrN3O. The summed E-state index contributed by atoms with van der Waals surface area (Å²) in [6.07, 6.45) is 6.62. The van der Waals surface area contributed by atoms with Gasteiger partial charge in [0.15, 0.2) is 5.78 Å². The zero-order chi connectivity index (χ0) is 14.6. The minimum Gasteiger partial charge on any atom is -0.317 e. The van der Waals surface area contributed by atoms with E-state index >= 15 is 0 Å². The van der Waals surface area contributed by atoms with E-state index in [-0.39, 0.29) is 11.2 Å². The molecule has 1 fully saturated rings. The van der Waals surface area contributed by atoms with E-state index in [4.69, 9.17) is 0 Å². The highest BCUT2D eigenvalue weighted by atomic mass is 79.9. The summed E-state index contributed by atoms with van der Waals surface area (Å²) >= 11 is 3.51. The molecule has 1 aliphatic rings. The van der Waals surface area contributed by atoms with Crippen molar-refractivity contribution in [2.45, 2.75) is 52.5 Å². The SMILES string of the molecule is CCCn1ncc(Br)c1C(=O)C1(CCC)CCNCC1. The molecule has 0 aliphatic carbocycles. The van der Waals surface area contributed by atoms with Gasteiger partial charge in [0.25, 0.3) is 0 Å². The lowest BCUT2D eigenvalue weighted by Crippen LogP contribution is -2.43. The van der Waals surface area contributed by atoms with Crippen molar-refractivity contribution < 1.29 is 4.79 Å². The van der Waals surface area contributed by atoms with Gasteiger partial charge in [0, 0.05) is 12.0 Å². The molecule has 0 unspecified atom stereocenters. The maximum absolute atomic E-state index is 13.2. The Hall–Kier alpha value is -0.680. The van der Waals surface area contributed by atoms with Crippen LogP contribution >= 0.6 is 15.9 Å². The number of Topliss-reactive ketones (excluding diaryl/α,β-unsaturated/α-hetero) is 1. The van der Waals surface area contributed by atoms with E-state index in [1.54, 1.807) is 6.20 Å². The third-order valence-electron chi connectivity index (χ3n) is 4.22. The molecule has 2 heterocycles. The van der Waals surface area contributed by atoms with Crippen molar-refractivity contribution in [3.63, 3.8) is 0 Å². The number of carbonyl (C=O) groups is 1. The monoisotopic (exact) mass is 341 g/mol. The lowest BCUT2D eigenvalue weighted by atomic mass is 9.71. The molecule has 1 N–H and O–H groups in total. The number of piperidine rings is 1. The fourth-order valence-corrected chi connectivity index (χ4v) is 3.67. The highest BCUT2D eigenvalue weighted by molar-refractivity contribution is 9.10. The molecule has 2 rings (SSSR count). The van der Waals surface area contributed by atoms with Crippen molar-refractivity contribution >= 4 is 21.7 Å².